The second kappa shape index (κ2) is 5.68. The van der Waals surface area contributed by atoms with E-state index in [1.807, 2.05) is 12.1 Å². The first-order valence-electron chi connectivity index (χ1n) is 6.75. The maximum atomic E-state index is 10.9. The molecule has 0 aromatic heterocycles. The van der Waals surface area contributed by atoms with Crippen molar-refractivity contribution in [3.05, 3.63) is 23.8 Å². The molecule has 2 heterocycles. The van der Waals surface area contributed by atoms with Gasteiger partial charge in [0.25, 0.3) is 0 Å². The van der Waals surface area contributed by atoms with Crippen molar-refractivity contribution < 1.29 is 19.1 Å². The van der Waals surface area contributed by atoms with Crippen molar-refractivity contribution in [1.29, 1.82) is 0 Å². The van der Waals surface area contributed by atoms with Gasteiger partial charge in [-0.05, 0) is 17.7 Å². The van der Waals surface area contributed by atoms with Crippen molar-refractivity contribution >= 4 is 5.97 Å². The topological polar surface area (TPSA) is 51.2 Å². The molecule has 0 N–H and O–H groups in total. The molecule has 0 unspecified atom stereocenters. The van der Waals surface area contributed by atoms with E-state index in [0.29, 0.717) is 6.79 Å². The summed E-state index contributed by atoms with van der Waals surface area (Å²) in [5.74, 6) is 1.38. The monoisotopic (exact) mass is 278 g/mol. The number of fused-ring (bicyclic) bond motifs is 1. The van der Waals surface area contributed by atoms with Crippen molar-refractivity contribution in [2.24, 2.45) is 0 Å². The fraction of sp³-hybridized carbons (Fsp3) is 0.500. The molecule has 0 spiro atoms. The lowest BCUT2D eigenvalue weighted by Crippen LogP contribution is -2.46. The third-order valence-corrected chi connectivity index (χ3v) is 3.43. The van der Waals surface area contributed by atoms with Gasteiger partial charge in [-0.15, -0.1) is 5.06 Å². The van der Waals surface area contributed by atoms with Crippen LogP contribution in [0, 0.1) is 0 Å². The molecule has 1 fully saturated rings. The van der Waals surface area contributed by atoms with Crippen LogP contribution in [0.4, 0.5) is 0 Å². The van der Waals surface area contributed by atoms with Crippen LogP contribution in [0.5, 0.6) is 11.5 Å². The highest BCUT2D eigenvalue weighted by Crippen LogP contribution is 2.32. The Morgan fingerprint density at radius 1 is 1.20 bits per heavy atom. The van der Waals surface area contributed by atoms with Gasteiger partial charge in [0.1, 0.15) is 0 Å². The minimum atomic E-state index is -0.255. The molecule has 3 rings (SSSR count). The van der Waals surface area contributed by atoms with Gasteiger partial charge in [-0.3, -0.25) is 9.69 Å². The molecule has 0 atom stereocenters. The number of hydroxylamine groups is 2. The highest BCUT2D eigenvalue weighted by Gasteiger charge is 2.20. The lowest BCUT2D eigenvalue weighted by atomic mass is 10.2. The minimum absolute atomic E-state index is 0.255. The van der Waals surface area contributed by atoms with E-state index in [4.69, 9.17) is 14.3 Å². The smallest absolute Gasteiger partial charge is 0.322 e. The number of carbonyl (C=O) groups is 1. The van der Waals surface area contributed by atoms with Gasteiger partial charge in [-0.2, -0.15) is 0 Å². The molecule has 108 valence electrons. The maximum absolute atomic E-state index is 10.9. The highest BCUT2D eigenvalue weighted by molar-refractivity contribution is 5.65. The lowest BCUT2D eigenvalue weighted by molar-refractivity contribution is -0.195. The van der Waals surface area contributed by atoms with Gasteiger partial charge in [0.05, 0.1) is 0 Å². The molecule has 2 aliphatic rings. The van der Waals surface area contributed by atoms with Gasteiger partial charge >= 0.3 is 5.97 Å². The van der Waals surface area contributed by atoms with Gasteiger partial charge in [-0.1, -0.05) is 6.07 Å². The van der Waals surface area contributed by atoms with Crippen molar-refractivity contribution in [2.45, 2.75) is 13.5 Å². The van der Waals surface area contributed by atoms with Crippen LogP contribution >= 0.6 is 0 Å². The Kier molecular flexibility index (Phi) is 3.75. The Morgan fingerprint density at radius 2 is 1.95 bits per heavy atom. The Morgan fingerprint density at radius 3 is 2.70 bits per heavy atom. The average molecular weight is 278 g/mol. The highest BCUT2D eigenvalue weighted by atomic mass is 16.7. The van der Waals surface area contributed by atoms with Crippen LogP contribution in [0.2, 0.25) is 0 Å². The molecule has 0 bridgehead atoms. The minimum Gasteiger partial charge on any atom is -0.454 e. The number of rotatable bonds is 3. The van der Waals surface area contributed by atoms with E-state index in [2.05, 4.69) is 11.0 Å². The number of hydrogen-bond donors (Lipinski definition) is 0. The molecule has 0 amide bonds. The second-order valence-electron chi connectivity index (χ2n) is 4.98. The Labute approximate surface area is 117 Å². The standard InChI is InChI=1S/C14H18N2O4/c1-11(17)20-16-6-4-15(5-7-16)9-12-2-3-13-14(8-12)19-10-18-13/h2-3,8H,4-7,9-10H2,1H3. The molecule has 6 heteroatoms. The predicted octanol–water partition coefficient (Wildman–Crippen LogP) is 1.01. The first kappa shape index (κ1) is 13.2. The zero-order valence-electron chi connectivity index (χ0n) is 11.5. The van der Waals surface area contributed by atoms with Crippen molar-refractivity contribution in [1.82, 2.24) is 9.96 Å². The third-order valence-electron chi connectivity index (χ3n) is 3.43. The molecule has 20 heavy (non-hydrogen) atoms. The summed E-state index contributed by atoms with van der Waals surface area (Å²) in [5, 5.41) is 1.72. The fourth-order valence-electron chi connectivity index (χ4n) is 2.46. The molecule has 0 saturated carbocycles. The number of piperazine rings is 1. The van der Waals surface area contributed by atoms with Gasteiger partial charge < -0.3 is 14.3 Å². The normalized spacial score (nSPS) is 19.1. The molecule has 1 saturated heterocycles. The van der Waals surface area contributed by atoms with E-state index in [1.165, 1.54) is 12.5 Å². The van der Waals surface area contributed by atoms with Crippen molar-refractivity contribution in [3.8, 4) is 11.5 Å². The van der Waals surface area contributed by atoms with Crippen LogP contribution in [-0.2, 0) is 16.2 Å². The van der Waals surface area contributed by atoms with Gasteiger partial charge in [0, 0.05) is 39.6 Å². The van der Waals surface area contributed by atoms with Gasteiger partial charge in [0.2, 0.25) is 6.79 Å². The van der Waals surface area contributed by atoms with Crippen LogP contribution < -0.4 is 9.47 Å². The van der Waals surface area contributed by atoms with E-state index in [9.17, 15) is 4.79 Å². The van der Waals surface area contributed by atoms with Crippen LogP contribution in [0.3, 0.4) is 0 Å². The Bertz CT molecular complexity index is 498. The van der Waals surface area contributed by atoms with Crippen LogP contribution in [-0.4, -0.2) is 48.9 Å². The summed E-state index contributed by atoms with van der Waals surface area (Å²) < 4.78 is 10.7. The van der Waals surface area contributed by atoms with E-state index in [-0.39, 0.29) is 5.97 Å². The van der Waals surface area contributed by atoms with Crippen LogP contribution in [0.25, 0.3) is 0 Å². The first-order valence-corrected chi connectivity index (χ1v) is 6.75. The van der Waals surface area contributed by atoms with Crippen molar-refractivity contribution in [3.63, 3.8) is 0 Å². The van der Waals surface area contributed by atoms with E-state index >= 15 is 0 Å². The molecule has 0 radical (unpaired) electrons. The fourth-order valence-corrected chi connectivity index (χ4v) is 2.46. The molecular weight excluding hydrogens is 260 g/mol. The quantitative estimate of drug-likeness (QED) is 0.822. The number of nitrogens with zero attached hydrogens (tertiary/aromatic N) is 2. The summed E-state index contributed by atoms with van der Waals surface area (Å²) in [7, 11) is 0. The predicted molar refractivity (Wildman–Crippen MR) is 71.2 cm³/mol. The summed E-state index contributed by atoms with van der Waals surface area (Å²) in [6.45, 7) is 5.83. The summed E-state index contributed by atoms with van der Waals surface area (Å²) in [5.41, 5.74) is 1.20. The SMILES string of the molecule is CC(=O)ON1CCN(Cc2ccc3c(c2)OCO3)CC1. The number of carbonyl (C=O) groups excluding carboxylic acids is 1. The van der Waals surface area contributed by atoms with Crippen molar-refractivity contribution in [2.75, 3.05) is 33.0 Å². The first-order chi connectivity index (χ1) is 9.70. The number of hydrogen-bond acceptors (Lipinski definition) is 6. The Hall–Kier alpha value is -1.79. The summed E-state index contributed by atoms with van der Waals surface area (Å²) in [6, 6.07) is 6.04. The summed E-state index contributed by atoms with van der Waals surface area (Å²) in [4.78, 5) is 18.3. The Balaban J connectivity index is 1.53. The molecule has 1 aromatic rings. The van der Waals surface area contributed by atoms with E-state index in [0.717, 1.165) is 44.2 Å². The third kappa shape index (κ3) is 3.02. The lowest BCUT2D eigenvalue weighted by Gasteiger charge is -2.33. The maximum Gasteiger partial charge on any atom is 0.322 e. The summed E-state index contributed by atoms with van der Waals surface area (Å²) in [6.07, 6.45) is 0. The molecule has 2 aliphatic heterocycles. The van der Waals surface area contributed by atoms with Gasteiger partial charge in [0.15, 0.2) is 11.5 Å². The van der Waals surface area contributed by atoms with Crippen LogP contribution in [0.15, 0.2) is 18.2 Å². The van der Waals surface area contributed by atoms with Gasteiger partial charge in [-0.25, -0.2) is 0 Å². The molecule has 6 nitrogen and oxygen atoms in total. The number of benzene rings is 1. The zero-order chi connectivity index (χ0) is 13.9. The van der Waals surface area contributed by atoms with Crippen LogP contribution in [0.1, 0.15) is 12.5 Å². The molecule has 1 aromatic carbocycles. The summed E-state index contributed by atoms with van der Waals surface area (Å²) >= 11 is 0. The van der Waals surface area contributed by atoms with E-state index in [1.54, 1.807) is 5.06 Å². The van der Waals surface area contributed by atoms with E-state index < -0.39 is 0 Å². The molecule has 0 aliphatic carbocycles. The largest absolute Gasteiger partial charge is 0.454 e. The number of ether oxygens (including phenoxy) is 2. The zero-order valence-corrected chi connectivity index (χ0v) is 11.5. The average Bonchev–Trinajstić information content (AvgIpc) is 2.88. The molecular formula is C14H18N2O4. The second-order valence-corrected chi connectivity index (χ2v) is 4.98.